The van der Waals surface area contributed by atoms with Crippen molar-refractivity contribution in [3.63, 3.8) is 0 Å². The standard InChI is InChI=1S/C17H12FN3O/c1-22-13-6-11-3-5-14(21-17(11)19-9-13)16-7-10-2-4-12(18)8-15(10)20-16/h2-9,20H,1H3. The summed E-state index contributed by atoms with van der Waals surface area (Å²) < 4.78 is 18.4. The van der Waals surface area contributed by atoms with E-state index in [2.05, 4.69) is 15.0 Å². The Hall–Kier alpha value is -2.95. The number of hydrogen-bond donors (Lipinski definition) is 1. The van der Waals surface area contributed by atoms with Crippen LogP contribution in [-0.2, 0) is 0 Å². The first kappa shape index (κ1) is 12.8. The highest BCUT2D eigenvalue weighted by Gasteiger charge is 2.07. The molecule has 0 radical (unpaired) electrons. The van der Waals surface area contributed by atoms with E-state index in [1.807, 2.05) is 24.3 Å². The third kappa shape index (κ3) is 2.07. The number of methoxy groups -OCH3 is 1. The van der Waals surface area contributed by atoms with Crippen LogP contribution in [0.2, 0.25) is 0 Å². The maximum absolute atomic E-state index is 13.3. The molecule has 3 aromatic heterocycles. The molecule has 108 valence electrons. The van der Waals surface area contributed by atoms with Gasteiger partial charge in [0.15, 0.2) is 5.65 Å². The number of aromatic amines is 1. The smallest absolute Gasteiger partial charge is 0.160 e. The van der Waals surface area contributed by atoms with Gasteiger partial charge in [0.25, 0.3) is 0 Å². The van der Waals surface area contributed by atoms with Crippen LogP contribution in [0.4, 0.5) is 4.39 Å². The first-order valence-corrected chi connectivity index (χ1v) is 6.82. The van der Waals surface area contributed by atoms with Gasteiger partial charge in [0.05, 0.1) is 24.7 Å². The van der Waals surface area contributed by atoms with Crippen molar-refractivity contribution in [2.45, 2.75) is 0 Å². The van der Waals surface area contributed by atoms with Crippen molar-refractivity contribution in [3.8, 4) is 17.1 Å². The predicted molar refractivity (Wildman–Crippen MR) is 83.3 cm³/mol. The van der Waals surface area contributed by atoms with Gasteiger partial charge in [-0.05, 0) is 42.5 Å². The number of pyridine rings is 2. The van der Waals surface area contributed by atoms with Crippen LogP contribution in [0.1, 0.15) is 0 Å². The maximum Gasteiger partial charge on any atom is 0.160 e. The molecule has 0 spiro atoms. The van der Waals surface area contributed by atoms with Gasteiger partial charge in [-0.3, -0.25) is 0 Å². The monoisotopic (exact) mass is 293 g/mol. The van der Waals surface area contributed by atoms with E-state index in [0.29, 0.717) is 11.4 Å². The van der Waals surface area contributed by atoms with Crippen LogP contribution in [0.3, 0.4) is 0 Å². The molecule has 3 heterocycles. The Morgan fingerprint density at radius 1 is 1.05 bits per heavy atom. The van der Waals surface area contributed by atoms with E-state index >= 15 is 0 Å². The number of nitrogens with one attached hydrogen (secondary N) is 1. The van der Waals surface area contributed by atoms with E-state index < -0.39 is 0 Å². The van der Waals surface area contributed by atoms with Gasteiger partial charge in [0.1, 0.15) is 11.6 Å². The van der Waals surface area contributed by atoms with Gasteiger partial charge in [-0.15, -0.1) is 0 Å². The molecule has 0 aliphatic rings. The predicted octanol–water partition coefficient (Wildman–Crippen LogP) is 3.93. The summed E-state index contributed by atoms with van der Waals surface area (Å²) in [6, 6.07) is 12.4. The minimum Gasteiger partial charge on any atom is -0.495 e. The van der Waals surface area contributed by atoms with Gasteiger partial charge in [0.2, 0.25) is 0 Å². The Bertz CT molecular complexity index is 994. The molecule has 1 aromatic carbocycles. The van der Waals surface area contributed by atoms with E-state index in [9.17, 15) is 4.39 Å². The van der Waals surface area contributed by atoms with Crippen molar-refractivity contribution in [3.05, 3.63) is 54.5 Å². The first-order valence-electron chi connectivity index (χ1n) is 6.82. The number of ether oxygens (including phenoxy) is 1. The molecule has 0 atom stereocenters. The molecule has 0 saturated carbocycles. The Labute approximate surface area is 125 Å². The summed E-state index contributed by atoms with van der Waals surface area (Å²) in [5.74, 6) is 0.435. The fourth-order valence-electron chi connectivity index (χ4n) is 2.49. The lowest BCUT2D eigenvalue weighted by atomic mass is 10.2. The molecule has 0 fully saturated rings. The Morgan fingerprint density at radius 2 is 1.91 bits per heavy atom. The number of nitrogens with zero attached hydrogens (tertiary/aromatic N) is 2. The van der Waals surface area contributed by atoms with Crippen LogP contribution in [0, 0.1) is 5.82 Å². The topological polar surface area (TPSA) is 50.8 Å². The second kappa shape index (κ2) is 4.80. The van der Waals surface area contributed by atoms with Crippen molar-refractivity contribution in [2.75, 3.05) is 7.11 Å². The summed E-state index contributed by atoms with van der Waals surface area (Å²) in [5.41, 5.74) is 2.99. The number of fused-ring (bicyclic) bond motifs is 2. The van der Waals surface area contributed by atoms with Crippen molar-refractivity contribution in [1.29, 1.82) is 0 Å². The average molecular weight is 293 g/mol. The molecule has 0 aliphatic heterocycles. The van der Waals surface area contributed by atoms with Crippen LogP contribution in [0.25, 0.3) is 33.3 Å². The third-order valence-corrected chi connectivity index (χ3v) is 3.61. The van der Waals surface area contributed by atoms with Crippen LogP contribution >= 0.6 is 0 Å². The van der Waals surface area contributed by atoms with Crippen LogP contribution < -0.4 is 4.74 Å². The van der Waals surface area contributed by atoms with Gasteiger partial charge >= 0.3 is 0 Å². The maximum atomic E-state index is 13.3. The summed E-state index contributed by atoms with van der Waals surface area (Å²) >= 11 is 0. The van der Waals surface area contributed by atoms with E-state index in [0.717, 1.165) is 27.7 Å². The number of halogens is 1. The molecule has 0 amide bonds. The SMILES string of the molecule is COc1cnc2nc(-c3cc4ccc(F)cc4[nH]3)ccc2c1. The average Bonchev–Trinajstić information content (AvgIpc) is 2.96. The lowest BCUT2D eigenvalue weighted by Crippen LogP contribution is -1.90. The minimum atomic E-state index is -0.263. The molecular weight excluding hydrogens is 281 g/mol. The fourth-order valence-corrected chi connectivity index (χ4v) is 2.49. The van der Waals surface area contributed by atoms with E-state index in [1.165, 1.54) is 12.1 Å². The van der Waals surface area contributed by atoms with Crippen molar-refractivity contribution >= 4 is 21.9 Å². The first-order chi connectivity index (χ1) is 10.7. The quantitative estimate of drug-likeness (QED) is 0.609. The molecule has 4 aromatic rings. The fraction of sp³-hybridized carbons (Fsp3) is 0.0588. The highest BCUT2D eigenvalue weighted by molar-refractivity contribution is 5.86. The molecule has 1 N–H and O–H groups in total. The highest BCUT2D eigenvalue weighted by atomic mass is 19.1. The van der Waals surface area contributed by atoms with Crippen LogP contribution in [0.15, 0.2) is 48.7 Å². The second-order valence-electron chi connectivity index (χ2n) is 5.03. The summed E-state index contributed by atoms with van der Waals surface area (Å²) in [6.07, 6.45) is 1.64. The zero-order valence-electron chi connectivity index (χ0n) is 11.8. The van der Waals surface area contributed by atoms with E-state index in [-0.39, 0.29) is 5.82 Å². The summed E-state index contributed by atoms with van der Waals surface area (Å²) in [6.45, 7) is 0. The van der Waals surface area contributed by atoms with Gasteiger partial charge < -0.3 is 9.72 Å². The largest absolute Gasteiger partial charge is 0.495 e. The summed E-state index contributed by atoms with van der Waals surface area (Å²) in [5, 5.41) is 1.85. The van der Waals surface area contributed by atoms with E-state index in [4.69, 9.17) is 4.74 Å². The van der Waals surface area contributed by atoms with Crippen LogP contribution in [-0.4, -0.2) is 22.1 Å². The molecular formula is C17H12FN3O. The summed E-state index contributed by atoms with van der Waals surface area (Å²) in [4.78, 5) is 12.0. The summed E-state index contributed by atoms with van der Waals surface area (Å²) in [7, 11) is 1.61. The van der Waals surface area contributed by atoms with Crippen molar-refractivity contribution < 1.29 is 9.13 Å². The van der Waals surface area contributed by atoms with Gasteiger partial charge in [-0.2, -0.15) is 0 Å². The molecule has 0 saturated heterocycles. The van der Waals surface area contributed by atoms with Crippen molar-refractivity contribution in [2.24, 2.45) is 0 Å². The molecule has 0 unspecified atom stereocenters. The second-order valence-corrected chi connectivity index (χ2v) is 5.03. The van der Waals surface area contributed by atoms with Crippen LogP contribution in [0.5, 0.6) is 5.75 Å². The number of hydrogen-bond acceptors (Lipinski definition) is 3. The Balaban J connectivity index is 1.84. The molecule has 22 heavy (non-hydrogen) atoms. The molecule has 4 rings (SSSR count). The number of H-pyrrole nitrogens is 1. The molecule has 0 aliphatic carbocycles. The highest BCUT2D eigenvalue weighted by Crippen LogP contribution is 2.25. The third-order valence-electron chi connectivity index (χ3n) is 3.61. The Morgan fingerprint density at radius 3 is 2.77 bits per heavy atom. The zero-order chi connectivity index (χ0) is 15.1. The molecule has 0 bridgehead atoms. The molecule has 4 nitrogen and oxygen atoms in total. The van der Waals surface area contributed by atoms with Gasteiger partial charge in [-0.1, -0.05) is 0 Å². The number of rotatable bonds is 2. The Kier molecular flexibility index (Phi) is 2.79. The lowest BCUT2D eigenvalue weighted by Gasteiger charge is -2.03. The number of aromatic nitrogens is 3. The number of benzene rings is 1. The molecule has 5 heteroatoms. The van der Waals surface area contributed by atoms with Gasteiger partial charge in [-0.25, -0.2) is 14.4 Å². The van der Waals surface area contributed by atoms with Gasteiger partial charge in [0, 0.05) is 16.3 Å². The van der Waals surface area contributed by atoms with E-state index in [1.54, 1.807) is 19.4 Å². The normalized spacial score (nSPS) is 11.2. The lowest BCUT2D eigenvalue weighted by molar-refractivity contribution is 0.413. The minimum absolute atomic E-state index is 0.263. The zero-order valence-corrected chi connectivity index (χ0v) is 11.8. The van der Waals surface area contributed by atoms with Crippen molar-refractivity contribution in [1.82, 2.24) is 15.0 Å².